The number of nitrogens with two attached hydrogens (primary N) is 1. The molecule has 2 unspecified atom stereocenters. The Morgan fingerprint density at radius 2 is 1.87 bits per heavy atom. The fourth-order valence-corrected chi connectivity index (χ4v) is 2.19. The van der Waals surface area contributed by atoms with Gasteiger partial charge in [0.15, 0.2) is 0 Å². The molecule has 92 valence electrons. The molecule has 0 radical (unpaired) electrons. The molecule has 0 aromatic carbocycles. The number of thioether (sulfide) groups is 1. The van der Waals surface area contributed by atoms with Crippen molar-refractivity contribution in [1.82, 2.24) is 4.90 Å². The van der Waals surface area contributed by atoms with Gasteiger partial charge in [-0.05, 0) is 50.8 Å². The summed E-state index contributed by atoms with van der Waals surface area (Å²) in [6.07, 6.45) is 3.44. The molecule has 15 heavy (non-hydrogen) atoms. The van der Waals surface area contributed by atoms with Gasteiger partial charge in [-0.2, -0.15) is 11.8 Å². The summed E-state index contributed by atoms with van der Waals surface area (Å²) in [6.45, 7) is 8.76. The summed E-state index contributed by atoms with van der Waals surface area (Å²) in [5.74, 6) is 2.57. The van der Waals surface area contributed by atoms with Crippen LogP contribution in [0.2, 0.25) is 0 Å². The van der Waals surface area contributed by atoms with Crippen LogP contribution in [-0.2, 0) is 0 Å². The zero-order valence-electron chi connectivity index (χ0n) is 11.0. The molecule has 0 aliphatic heterocycles. The molecular weight excluding hydrogens is 204 g/mol. The molecule has 0 aliphatic rings. The lowest BCUT2D eigenvalue weighted by atomic mass is 9.95. The minimum atomic E-state index is 0.631. The highest BCUT2D eigenvalue weighted by molar-refractivity contribution is 7.98. The van der Waals surface area contributed by atoms with Crippen molar-refractivity contribution in [2.45, 2.75) is 33.2 Å². The average Bonchev–Trinajstić information content (AvgIpc) is 2.21. The second kappa shape index (κ2) is 8.43. The summed E-state index contributed by atoms with van der Waals surface area (Å²) >= 11 is 1.93. The summed E-state index contributed by atoms with van der Waals surface area (Å²) in [5, 5.41) is 0. The first kappa shape index (κ1) is 15.3. The molecule has 0 amide bonds. The summed E-state index contributed by atoms with van der Waals surface area (Å²) in [7, 11) is 2.22. The van der Waals surface area contributed by atoms with E-state index in [4.69, 9.17) is 5.73 Å². The molecule has 0 spiro atoms. The van der Waals surface area contributed by atoms with Crippen LogP contribution >= 0.6 is 11.8 Å². The Balaban J connectivity index is 3.92. The van der Waals surface area contributed by atoms with Crippen LogP contribution < -0.4 is 5.73 Å². The second-order valence-electron chi connectivity index (χ2n) is 4.81. The Labute approximate surface area is 100.0 Å². The van der Waals surface area contributed by atoms with Crippen LogP contribution in [0.5, 0.6) is 0 Å². The van der Waals surface area contributed by atoms with Gasteiger partial charge in [-0.15, -0.1) is 0 Å². The third-order valence-corrected chi connectivity index (χ3v) is 3.90. The van der Waals surface area contributed by atoms with Crippen LogP contribution in [-0.4, -0.2) is 43.1 Å². The third kappa shape index (κ3) is 6.44. The predicted molar refractivity (Wildman–Crippen MR) is 72.5 cm³/mol. The molecule has 0 aromatic rings. The van der Waals surface area contributed by atoms with Gasteiger partial charge in [-0.3, -0.25) is 0 Å². The van der Waals surface area contributed by atoms with Gasteiger partial charge in [-0.25, -0.2) is 0 Å². The van der Waals surface area contributed by atoms with E-state index in [1.54, 1.807) is 0 Å². The van der Waals surface area contributed by atoms with Crippen LogP contribution in [0, 0.1) is 11.8 Å². The molecule has 0 fully saturated rings. The van der Waals surface area contributed by atoms with Crippen LogP contribution in [0.4, 0.5) is 0 Å². The normalized spacial score (nSPS) is 16.0. The smallest absolute Gasteiger partial charge is 0.00718 e. The maximum Gasteiger partial charge on any atom is 0.00718 e. The van der Waals surface area contributed by atoms with Gasteiger partial charge in [0.05, 0.1) is 0 Å². The topological polar surface area (TPSA) is 29.3 Å². The first-order valence-electron chi connectivity index (χ1n) is 5.92. The quantitative estimate of drug-likeness (QED) is 0.696. The van der Waals surface area contributed by atoms with Crippen molar-refractivity contribution >= 4 is 11.8 Å². The fourth-order valence-electron chi connectivity index (χ4n) is 1.62. The number of hydrogen-bond acceptors (Lipinski definition) is 3. The van der Waals surface area contributed by atoms with E-state index in [9.17, 15) is 0 Å². The van der Waals surface area contributed by atoms with Crippen LogP contribution in [0.25, 0.3) is 0 Å². The van der Waals surface area contributed by atoms with Crippen LogP contribution in [0.3, 0.4) is 0 Å². The molecule has 2 N–H and O–H groups in total. The molecule has 0 saturated heterocycles. The first-order chi connectivity index (χ1) is 7.02. The lowest BCUT2D eigenvalue weighted by molar-refractivity contribution is 0.192. The molecule has 3 heteroatoms. The minimum absolute atomic E-state index is 0.631. The maximum atomic E-state index is 5.79. The summed E-state index contributed by atoms with van der Waals surface area (Å²) in [5.41, 5.74) is 5.79. The van der Waals surface area contributed by atoms with Crippen LogP contribution in [0.15, 0.2) is 0 Å². The third-order valence-electron chi connectivity index (χ3n) is 3.26. The highest BCUT2D eigenvalue weighted by Gasteiger charge is 2.16. The van der Waals surface area contributed by atoms with Crippen molar-refractivity contribution in [2.75, 3.05) is 32.1 Å². The van der Waals surface area contributed by atoms with E-state index >= 15 is 0 Å². The van der Waals surface area contributed by atoms with Crippen molar-refractivity contribution in [1.29, 1.82) is 0 Å². The van der Waals surface area contributed by atoms with Gasteiger partial charge in [-0.1, -0.05) is 13.8 Å². The summed E-state index contributed by atoms with van der Waals surface area (Å²) < 4.78 is 0. The van der Waals surface area contributed by atoms with Gasteiger partial charge in [0, 0.05) is 12.6 Å². The molecule has 0 bridgehead atoms. The predicted octanol–water partition coefficient (Wildman–Crippen LogP) is 2.29. The molecule has 0 rings (SSSR count). The molecule has 0 aliphatic carbocycles. The summed E-state index contributed by atoms with van der Waals surface area (Å²) in [6, 6.07) is 0.672. The zero-order valence-corrected chi connectivity index (χ0v) is 11.8. The minimum Gasteiger partial charge on any atom is -0.330 e. The molecule has 0 saturated carbocycles. The van der Waals surface area contributed by atoms with E-state index in [0.29, 0.717) is 17.9 Å². The Morgan fingerprint density at radius 1 is 1.27 bits per heavy atom. The van der Waals surface area contributed by atoms with Gasteiger partial charge in [0.2, 0.25) is 0 Å². The summed E-state index contributed by atoms with van der Waals surface area (Å²) in [4.78, 5) is 2.45. The molecule has 2 nitrogen and oxygen atoms in total. The first-order valence-corrected chi connectivity index (χ1v) is 7.31. The van der Waals surface area contributed by atoms with Gasteiger partial charge in [0.25, 0.3) is 0 Å². The van der Waals surface area contributed by atoms with Crippen molar-refractivity contribution in [3.8, 4) is 0 Å². The Hall–Kier alpha value is 0.270. The van der Waals surface area contributed by atoms with Gasteiger partial charge >= 0.3 is 0 Å². The van der Waals surface area contributed by atoms with E-state index < -0.39 is 0 Å². The maximum absolute atomic E-state index is 5.79. The monoisotopic (exact) mass is 232 g/mol. The van der Waals surface area contributed by atoms with Crippen LogP contribution in [0.1, 0.15) is 27.2 Å². The number of rotatable bonds is 8. The molecule has 2 atom stereocenters. The highest BCUT2D eigenvalue weighted by atomic mass is 32.2. The van der Waals surface area contributed by atoms with Crippen molar-refractivity contribution in [3.63, 3.8) is 0 Å². The number of hydrogen-bond donors (Lipinski definition) is 1. The Kier molecular flexibility index (Phi) is 8.58. The van der Waals surface area contributed by atoms with Gasteiger partial charge in [0.1, 0.15) is 0 Å². The second-order valence-corrected chi connectivity index (χ2v) is 5.80. The zero-order chi connectivity index (χ0) is 11.8. The van der Waals surface area contributed by atoms with Gasteiger partial charge < -0.3 is 10.6 Å². The molecule has 0 heterocycles. The standard InChI is InChI=1S/C12H28N2S/c1-10(2)12(8-13)9-14(4)11(3)6-7-15-5/h10-12H,6-9,13H2,1-5H3. The fraction of sp³-hybridized carbons (Fsp3) is 1.00. The Bertz CT molecular complexity index is 151. The SMILES string of the molecule is CSCCC(C)N(C)CC(CN)C(C)C. The van der Waals surface area contributed by atoms with E-state index in [-0.39, 0.29) is 0 Å². The van der Waals surface area contributed by atoms with Crippen molar-refractivity contribution in [2.24, 2.45) is 17.6 Å². The average molecular weight is 232 g/mol. The van der Waals surface area contributed by atoms with Crippen molar-refractivity contribution < 1.29 is 0 Å². The largest absolute Gasteiger partial charge is 0.330 e. The lowest BCUT2D eigenvalue weighted by Crippen LogP contribution is -2.38. The Morgan fingerprint density at radius 3 is 2.27 bits per heavy atom. The van der Waals surface area contributed by atoms with E-state index in [1.165, 1.54) is 12.2 Å². The lowest BCUT2D eigenvalue weighted by Gasteiger charge is -2.30. The van der Waals surface area contributed by atoms with E-state index in [0.717, 1.165) is 13.1 Å². The van der Waals surface area contributed by atoms with Crippen molar-refractivity contribution in [3.05, 3.63) is 0 Å². The molecular formula is C12H28N2S. The highest BCUT2D eigenvalue weighted by Crippen LogP contribution is 2.13. The van der Waals surface area contributed by atoms with E-state index in [1.807, 2.05) is 11.8 Å². The molecule has 0 aromatic heterocycles. The van der Waals surface area contributed by atoms with E-state index in [2.05, 4.69) is 39.0 Å². The number of nitrogens with zero attached hydrogens (tertiary/aromatic N) is 1.